The van der Waals surface area contributed by atoms with Crippen LogP contribution in [0.15, 0.2) is 24.3 Å². The third kappa shape index (κ3) is 1.72. The number of hydrogen-bond donors (Lipinski definition) is 2. The van der Waals surface area contributed by atoms with Gasteiger partial charge in [-0.3, -0.25) is 4.79 Å². The van der Waals surface area contributed by atoms with Crippen LogP contribution in [0.25, 0.3) is 0 Å². The number of carbonyl (C=O) groups excluding carboxylic acids is 1. The highest BCUT2D eigenvalue weighted by molar-refractivity contribution is 5.80. The predicted molar refractivity (Wildman–Crippen MR) is 52.8 cm³/mol. The van der Waals surface area contributed by atoms with Crippen LogP contribution in [0.5, 0.6) is 0 Å². The lowest BCUT2D eigenvalue weighted by Gasteiger charge is -2.24. The van der Waals surface area contributed by atoms with Gasteiger partial charge in [-0.05, 0) is 17.7 Å². The minimum atomic E-state index is -0.654. The van der Waals surface area contributed by atoms with Crippen molar-refractivity contribution in [1.29, 1.82) is 0 Å². The maximum atomic E-state index is 13.0. The number of amides is 1. The van der Waals surface area contributed by atoms with Crippen LogP contribution in [0.3, 0.4) is 0 Å². The largest absolute Gasteiger partial charge is 0.395 e. The molecule has 0 saturated carbocycles. The molecule has 0 aliphatic carbocycles. The van der Waals surface area contributed by atoms with Crippen LogP contribution in [0.4, 0.5) is 4.39 Å². The Balaban J connectivity index is 2.38. The zero-order chi connectivity index (χ0) is 10.9. The molecule has 1 heterocycles. The Morgan fingerprint density at radius 3 is 2.87 bits per heavy atom. The molecule has 1 aliphatic heterocycles. The number of rotatable bonds is 2. The van der Waals surface area contributed by atoms with Crippen molar-refractivity contribution < 1.29 is 14.3 Å². The van der Waals surface area contributed by atoms with Gasteiger partial charge in [0, 0.05) is 18.4 Å². The Kier molecular flexibility index (Phi) is 2.44. The SMILES string of the molecule is O=C1C[C@](CO)(c2cccc(F)c2)CN1. The van der Waals surface area contributed by atoms with Crippen LogP contribution in [0.1, 0.15) is 12.0 Å². The second kappa shape index (κ2) is 3.62. The summed E-state index contributed by atoms with van der Waals surface area (Å²) < 4.78 is 13.0. The molecule has 0 unspecified atom stereocenters. The molecule has 1 fully saturated rings. The Labute approximate surface area is 86.9 Å². The molecular weight excluding hydrogens is 197 g/mol. The number of carbonyl (C=O) groups is 1. The minimum Gasteiger partial charge on any atom is -0.395 e. The molecule has 2 N–H and O–H groups in total. The fraction of sp³-hybridized carbons (Fsp3) is 0.364. The maximum Gasteiger partial charge on any atom is 0.221 e. The van der Waals surface area contributed by atoms with Crippen molar-refractivity contribution in [1.82, 2.24) is 5.32 Å². The highest BCUT2D eigenvalue weighted by Crippen LogP contribution is 2.30. The first kappa shape index (κ1) is 10.1. The average molecular weight is 209 g/mol. The summed E-state index contributed by atoms with van der Waals surface area (Å²) in [7, 11) is 0. The van der Waals surface area contributed by atoms with Crippen LogP contribution in [-0.2, 0) is 10.2 Å². The summed E-state index contributed by atoms with van der Waals surface area (Å²) in [4.78, 5) is 11.2. The lowest BCUT2D eigenvalue weighted by molar-refractivity contribution is -0.119. The first-order valence-corrected chi connectivity index (χ1v) is 4.80. The molecule has 15 heavy (non-hydrogen) atoms. The standard InChI is InChI=1S/C11H12FNO2/c12-9-3-1-2-8(4-9)11(7-14)5-10(15)13-6-11/h1-4,14H,5-7H2,(H,13,15)/t11-/m0/s1. The quantitative estimate of drug-likeness (QED) is 0.748. The van der Waals surface area contributed by atoms with Crippen molar-refractivity contribution in [2.75, 3.05) is 13.2 Å². The molecule has 4 heteroatoms. The minimum absolute atomic E-state index is 0.103. The monoisotopic (exact) mass is 209 g/mol. The Morgan fingerprint density at radius 2 is 2.33 bits per heavy atom. The van der Waals surface area contributed by atoms with Crippen LogP contribution in [0, 0.1) is 5.82 Å². The molecule has 0 radical (unpaired) electrons. The van der Waals surface area contributed by atoms with Crippen LogP contribution >= 0.6 is 0 Å². The molecule has 1 aliphatic rings. The Bertz CT molecular complexity index is 394. The second-order valence-corrected chi connectivity index (χ2v) is 3.90. The summed E-state index contributed by atoms with van der Waals surface area (Å²) in [6.45, 7) is 0.209. The predicted octanol–water partition coefficient (Wildman–Crippen LogP) is 0.576. The fourth-order valence-electron chi connectivity index (χ4n) is 1.93. The maximum absolute atomic E-state index is 13.0. The number of nitrogens with one attached hydrogen (secondary N) is 1. The van der Waals surface area contributed by atoms with Crippen molar-refractivity contribution in [2.24, 2.45) is 0 Å². The number of benzene rings is 1. The second-order valence-electron chi connectivity index (χ2n) is 3.90. The van der Waals surface area contributed by atoms with E-state index in [1.165, 1.54) is 12.1 Å². The summed E-state index contributed by atoms with van der Waals surface area (Å²) in [5, 5.41) is 12.0. The molecule has 80 valence electrons. The topological polar surface area (TPSA) is 49.3 Å². The lowest BCUT2D eigenvalue weighted by atomic mass is 9.80. The van der Waals surface area contributed by atoms with E-state index in [4.69, 9.17) is 0 Å². The van der Waals surface area contributed by atoms with E-state index in [2.05, 4.69) is 5.32 Å². The van der Waals surface area contributed by atoms with Gasteiger partial charge in [-0.1, -0.05) is 12.1 Å². The molecule has 0 aromatic heterocycles. The lowest BCUT2D eigenvalue weighted by Crippen LogP contribution is -2.33. The van der Waals surface area contributed by atoms with Gasteiger partial charge >= 0.3 is 0 Å². The summed E-state index contributed by atoms with van der Waals surface area (Å²) >= 11 is 0. The molecule has 1 aromatic carbocycles. The van der Waals surface area contributed by atoms with Gasteiger partial charge < -0.3 is 10.4 Å². The van der Waals surface area contributed by atoms with E-state index in [9.17, 15) is 14.3 Å². The molecule has 2 rings (SSSR count). The van der Waals surface area contributed by atoms with E-state index in [-0.39, 0.29) is 24.8 Å². The van der Waals surface area contributed by atoms with Gasteiger partial charge in [0.1, 0.15) is 5.82 Å². The van der Waals surface area contributed by atoms with E-state index in [1.54, 1.807) is 12.1 Å². The summed E-state index contributed by atoms with van der Waals surface area (Å²) in [6, 6.07) is 6.04. The molecule has 1 saturated heterocycles. The van der Waals surface area contributed by atoms with Crippen LogP contribution in [0.2, 0.25) is 0 Å². The summed E-state index contributed by atoms with van der Waals surface area (Å²) in [5.74, 6) is -0.451. The highest BCUT2D eigenvalue weighted by Gasteiger charge is 2.39. The Morgan fingerprint density at radius 1 is 1.53 bits per heavy atom. The molecule has 0 bridgehead atoms. The molecule has 1 atom stereocenters. The van der Waals surface area contributed by atoms with Gasteiger partial charge in [0.2, 0.25) is 5.91 Å². The first-order chi connectivity index (χ1) is 7.16. The van der Waals surface area contributed by atoms with Crippen LogP contribution in [-0.4, -0.2) is 24.2 Å². The first-order valence-electron chi connectivity index (χ1n) is 4.80. The van der Waals surface area contributed by atoms with E-state index < -0.39 is 5.41 Å². The van der Waals surface area contributed by atoms with Gasteiger partial charge in [-0.25, -0.2) is 4.39 Å². The zero-order valence-electron chi connectivity index (χ0n) is 8.16. The number of aliphatic hydroxyl groups excluding tert-OH is 1. The van der Waals surface area contributed by atoms with Crippen LogP contribution < -0.4 is 5.32 Å². The molecule has 1 amide bonds. The normalized spacial score (nSPS) is 25.3. The molecular formula is C11H12FNO2. The average Bonchev–Trinajstić information content (AvgIpc) is 2.61. The summed E-state index contributed by atoms with van der Waals surface area (Å²) in [6.07, 6.45) is 0.215. The van der Waals surface area contributed by atoms with Gasteiger partial charge in [0.25, 0.3) is 0 Å². The molecule has 0 spiro atoms. The van der Waals surface area contributed by atoms with Crippen molar-refractivity contribution >= 4 is 5.91 Å². The van der Waals surface area contributed by atoms with Crippen molar-refractivity contribution in [3.63, 3.8) is 0 Å². The number of halogens is 1. The third-order valence-electron chi connectivity index (χ3n) is 2.86. The molecule has 1 aromatic rings. The summed E-state index contributed by atoms with van der Waals surface area (Å²) in [5.41, 5.74) is 0.0162. The van der Waals surface area contributed by atoms with Crippen molar-refractivity contribution in [3.8, 4) is 0 Å². The van der Waals surface area contributed by atoms with E-state index in [1.807, 2.05) is 0 Å². The number of aliphatic hydroxyl groups is 1. The van der Waals surface area contributed by atoms with E-state index in [0.29, 0.717) is 12.1 Å². The smallest absolute Gasteiger partial charge is 0.221 e. The molecule has 3 nitrogen and oxygen atoms in total. The highest BCUT2D eigenvalue weighted by atomic mass is 19.1. The fourth-order valence-corrected chi connectivity index (χ4v) is 1.93. The van der Waals surface area contributed by atoms with Gasteiger partial charge in [0.05, 0.1) is 6.61 Å². The van der Waals surface area contributed by atoms with E-state index >= 15 is 0 Å². The van der Waals surface area contributed by atoms with Crippen molar-refractivity contribution in [3.05, 3.63) is 35.6 Å². The Hall–Kier alpha value is -1.42. The van der Waals surface area contributed by atoms with Gasteiger partial charge in [-0.15, -0.1) is 0 Å². The third-order valence-corrected chi connectivity index (χ3v) is 2.86. The number of hydrogen-bond acceptors (Lipinski definition) is 2. The van der Waals surface area contributed by atoms with Crippen molar-refractivity contribution in [2.45, 2.75) is 11.8 Å². The van der Waals surface area contributed by atoms with Gasteiger partial charge in [0.15, 0.2) is 0 Å². The van der Waals surface area contributed by atoms with Gasteiger partial charge in [-0.2, -0.15) is 0 Å². The zero-order valence-corrected chi connectivity index (χ0v) is 8.16. The van der Waals surface area contributed by atoms with E-state index in [0.717, 1.165) is 0 Å².